The Morgan fingerprint density at radius 3 is 2.65 bits per heavy atom. The fourth-order valence-electron chi connectivity index (χ4n) is 3.21. The summed E-state index contributed by atoms with van der Waals surface area (Å²) < 4.78 is 6.42. The van der Waals surface area contributed by atoms with Gasteiger partial charge >= 0.3 is 0 Å². The van der Waals surface area contributed by atoms with Gasteiger partial charge in [-0.2, -0.15) is 0 Å². The van der Waals surface area contributed by atoms with Gasteiger partial charge in [-0.15, -0.1) is 0 Å². The van der Waals surface area contributed by atoms with Gasteiger partial charge in [0.25, 0.3) is 5.91 Å². The van der Waals surface area contributed by atoms with E-state index in [9.17, 15) is 4.79 Å². The average molecular weight is 331 g/mol. The fraction of sp³-hybridized carbons (Fsp3) is 0.529. The third kappa shape index (κ3) is 3.05. The van der Waals surface area contributed by atoms with Crippen LogP contribution in [0.25, 0.3) is 10.2 Å². The van der Waals surface area contributed by atoms with Crippen LogP contribution in [0.3, 0.4) is 0 Å². The number of carbonyl (C=O) groups excluding carboxylic acids is 1. The molecule has 2 saturated heterocycles. The van der Waals surface area contributed by atoms with Crippen molar-refractivity contribution in [3.63, 3.8) is 0 Å². The van der Waals surface area contributed by atoms with Crippen LogP contribution in [0.2, 0.25) is 0 Å². The van der Waals surface area contributed by atoms with Crippen molar-refractivity contribution in [1.29, 1.82) is 0 Å². The molecule has 0 unspecified atom stereocenters. The van der Waals surface area contributed by atoms with E-state index in [0.29, 0.717) is 26.3 Å². The molecule has 0 aliphatic carbocycles. The lowest BCUT2D eigenvalue weighted by atomic mass is 10.1. The van der Waals surface area contributed by atoms with Gasteiger partial charge in [0, 0.05) is 31.7 Å². The maximum absolute atomic E-state index is 12.6. The first kappa shape index (κ1) is 14.9. The summed E-state index contributed by atoms with van der Waals surface area (Å²) in [6.07, 6.45) is 3.81. The van der Waals surface area contributed by atoms with Crippen LogP contribution >= 0.6 is 11.3 Å². The van der Waals surface area contributed by atoms with Crippen molar-refractivity contribution in [1.82, 2.24) is 9.88 Å². The summed E-state index contributed by atoms with van der Waals surface area (Å²) in [6.45, 7) is 4.82. The van der Waals surface area contributed by atoms with Crippen LogP contribution in [0.4, 0.5) is 5.13 Å². The van der Waals surface area contributed by atoms with Gasteiger partial charge in [-0.1, -0.05) is 11.3 Å². The predicted molar refractivity (Wildman–Crippen MR) is 92.4 cm³/mol. The van der Waals surface area contributed by atoms with E-state index in [2.05, 4.69) is 4.90 Å². The summed E-state index contributed by atoms with van der Waals surface area (Å²) in [5, 5.41) is 1.09. The number of aromatic nitrogens is 1. The molecule has 1 aromatic heterocycles. The molecule has 2 aromatic rings. The first-order valence-electron chi connectivity index (χ1n) is 8.34. The van der Waals surface area contributed by atoms with Crippen molar-refractivity contribution in [3.05, 3.63) is 23.8 Å². The minimum Gasteiger partial charge on any atom is -0.378 e. The molecule has 0 saturated carbocycles. The molecule has 23 heavy (non-hydrogen) atoms. The van der Waals surface area contributed by atoms with E-state index >= 15 is 0 Å². The number of hydrogen-bond donors (Lipinski definition) is 0. The Hall–Kier alpha value is -1.66. The van der Waals surface area contributed by atoms with E-state index in [1.807, 2.05) is 23.1 Å². The first-order valence-corrected chi connectivity index (χ1v) is 9.15. The van der Waals surface area contributed by atoms with Crippen LogP contribution < -0.4 is 4.90 Å². The maximum atomic E-state index is 12.6. The Bertz CT molecular complexity index is 703. The first-order chi connectivity index (χ1) is 11.3. The van der Waals surface area contributed by atoms with Crippen molar-refractivity contribution in [2.75, 3.05) is 44.3 Å². The smallest absolute Gasteiger partial charge is 0.254 e. The highest BCUT2D eigenvalue weighted by Crippen LogP contribution is 2.31. The lowest BCUT2D eigenvalue weighted by molar-refractivity contribution is 0.0303. The molecule has 0 bridgehead atoms. The van der Waals surface area contributed by atoms with Crippen LogP contribution in [0.5, 0.6) is 0 Å². The van der Waals surface area contributed by atoms with Crippen LogP contribution in [-0.2, 0) is 4.74 Å². The fourth-order valence-corrected chi connectivity index (χ4v) is 4.27. The summed E-state index contributed by atoms with van der Waals surface area (Å²) in [6, 6.07) is 5.88. The number of nitrogens with zero attached hydrogens (tertiary/aromatic N) is 3. The van der Waals surface area contributed by atoms with Gasteiger partial charge in [0.2, 0.25) is 0 Å². The highest BCUT2D eigenvalue weighted by Gasteiger charge is 2.20. The molecule has 0 N–H and O–H groups in total. The van der Waals surface area contributed by atoms with Crippen LogP contribution in [0.15, 0.2) is 18.2 Å². The van der Waals surface area contributed by atoms with E-state index in [4.69, 9.17) is 9.72 Å². The van der Waals surface area contributed by atoms with Gasteiger partial charge in [-0.05, 0) is 37.5 Å². The van der Waals surface area contributed by atoms with Gasteiger partial charge < -0.3 is 14.5 Å². The lowest BCUT2D eigenvalue weighted by Crippen LogP contribution is -2.40. The van der Waals surface area contributed by atoms with E-state index in [-0.39, 0.29) is 5.91 Å². The molecule has 4 rings (SSSR count). The quantitative estimate of drug-likeness (QED) is 0.849. The number of benzene rings is 1. The SMILES string of the molecule is O=C(c1ccc2nc(N3CCCCC3)sc2c1)N1CCOCC1. The molecule has 0 spiro atoms. The molecule has 5 nitrogen and oxygen atoms in total. The number of carbonyl (C=O) groups is 1. The average Bonchev–Trinajstić information content (AvgIpc) is 3.06. The molecular formula is C17H21N3O2S. The van der Waals surface area contributed by atoms with E-state index in [1.165, 1.54) is 19.3 Å². The third-order valence-electron chi connectivity index (χ3n) is 4.55. The van der Waals surface area contributed by atoms with Crippen molar-refractivity contribution in [2.45, 2.75) is 19.3 Å². The molecule has 2 fully saturated rings. The third-order valence-corrected chi connectivity index (χ3v) is 5.63. The monoisotopic (exact) mass is 331 g/mol. The highest BCUT2D eigenvalue weighted by molar-refractivity contribution is 7.22. The normalized spacial score (nSPS) is 19.3. The van der Waals surface area contributed by atoms with E-state index in [0.717, 1.165) is 34.0 Å². The zero-order valence-electron chi connectivity index (χ0n) is 13.2. The molecule has 1 amide bonds. The number of anilines is 1. The number of morpholine rings is 1. The Morgan fingerprint density at radius 2 is 1.87 bits per heavy atom. The van der Waals surface area contributed by atoms with Gasteiger partial charge in [-0.3, -0.25) is 4.79 Å². The van der Waals surface area contributed by atoms with Gasteiger partial charge in [0.05, 0.1) is 23.4 Å². The Morgan fingerprint density at radius 1 is 1.09 bits per heavy atom. The molecular weight excluding hydrogens is 310 g/mol. The topological polar surface area (TPSA) is 45.7 Å². The van der Waals surface area contributed by atoms with Gasteiger partial charge in [0.1, 0.15) is 0 Å². The van der Waals surface area contributed by atoms with Crippen molar-refractivity contribution < 1.29 is 9.53 Å². The van der Waals surface area contributed by atoms with Crippen LogP contribution in [0, 0.1) is 0 Å². The zero-order valence-corrected chi connectivity index (χ0v) is 14.0. The summed E-state index contributed by atoms with van der Waals surface area (Å²) in [5.74, 6) is 0.100. The number of thiazole rings is 1. The van der Waals surface area contributed by atoms with Crippen molar-refractivity contribution >= 4 is 32.6 Å². The lowest BCUT2D eigenvalue weighted by Gasteiger charge is -2.26. The Balaban J connectivity index is 1.58. The zero-order chi connectivity index (χ0) is 15.6. The predicted octanol–water partition coefficient (Wildman–Crippen LogP) is 2.76. The minimum atomic E-state index is 0.100. The molecule has 2 aliphatic rings. The summed E-state index contributed by atoms with van der Waals surface area (Å²) in [5.41, 5.74) is 1.75. The Labute approximate surface area is 139 Å². The second kappa shape index (κ2) is 6.45. The maximum Gasteiger partial charge on any atom is 0.254 e. The summed E-state index contributed by atoms with van der Waals surface area (Å²) in [4.78, 5) is 21.6. The summed E-state index contributed by atoms with van der Waals surface area (Å²) in [7, 11) is 0. The standard InChI is InChI=1S/C17H21N3O2S/c21-16(19-8-10-22-11-9-19)13-4-5-14-15(12-13)23-17(18-14)20-6-2-1-3-7-20/h4-5,12H,1-3,6-11H2. The number of piperidine rings is 1. The van der Waals surface area contributed by atoms with Crippen molar-refractivity contribution in [3.8, 4) is 0 Å². The second-order valence-corrected chi connectivity index (χ2v) is 7.14. The molecule has 122 valence electrons. The molecule has 3 heterocycles. The summed E-state index contributed by atoms with van der Waals surface area (Å²) >= 11 is 1.70. The number of amides is 1. The molecule has 2 aliphatic heterocycles. The molecule has 0 atom stereocenters. The number of ether oxygens (including phenoxy) is 1. The van der Waals surface area contributed by atoms with E-state index < -0.39 is 0 Å². The van der Waals surface area contributed by atoms with Crippen molar-refractivity contribution in [2.24, 2.45) is 0 Å². The Kier molecular flexibility index (Phi) is 4.18. The van der Waals surface area contributed by atoms with Crippen LogP contribution in [-0.4, -0.2) is 55.2 Å². The molecule has 6 heteroatoms. The number of hydrogen-bond acceptors (Lipinski definition) is 5. The van der Waals surface area contributed by atoms with E-state index in [1.54, 1.807) is 11.3 Å². The largest absolute Gasteiger partial charge is 0.378 e. The van der Waals surface area contributed by atoms with Gasteiger partial charge in [0.15, 0.2) is 5.13 Å². The minimum absolute atomic E-state index is 0.100. The second-order valence-electron chi connectivity index (χ2n) is 6.13. The molecule has 1 aromatic carbocycles. The number of fused-ring (bicyclic) bond motifs is 1. The number of rotatable bonds is 2. The van der Waals surface area contributed by atoms with Crippen LogP contribution in [0.1, 0.15) is 29.6 Å². The molecule has 0 radical (unpaired) electrons. The van der Waals surface area contributed by atoms with Gasteiger partial charge in [-0.25, -0.2) is 4.98 Å². The highest BCUT2D eigenvalue weighted by atomic mass is 32.1.